The summed E-state index contributed by atoms with van der Waals surface area (Å²) in [6.45, 7) is 5.42. The van der Waals surface area contributed by atoms with Crippen LogP contribution in [0.4, 0.5) is 5.69 Å². The second-order valence-corrected chi connectivity index (χ2v) is 5.56. The standard InChI is InChI=1S/C18H21N5.HI/c1-13-7-9-15(10-8-13)22-18(19)20-11-12-23-14(2)21-16-5-3-4-6-17(16)23;/h3-10H,11-12H2,1-2H3,(H3,19,20,22);1H. The van der Waals surface area contributed by atoms with Crippen molar-refractivity contribution in [1.29, 1.82) is 0 Å². The summed E-state index contributed by atoms with van der Waals surface area (Å²) in [5.41, 5.74) is 10.3. The van der Waals surface area contributed by atoms with E-state index in [1.807, 2.05) is 49.4 Å². The first-order valence-electron chi connectivity index (χ1n) is 7.69. The van der Waals surface area contributed by atoms with Crippen LogP contribution < -0.4 is 11.1 Å². The lowest BCUT2D eigenvalue weighted by Crippen LogP contribution is -2.23. The fourth-order valence-corrected chi connectivity index (χ4v) is 2.57. The first kappa shape index (κ1) is 18.3. The highest BCUT2D eigenvalue weighted by Crippen LogP contribution is 2.15. The highest BCUT2D eigenvalue weighted by Gasteiger charge is 2.05. The number of hydrogen-bond acceptors (Lipinski definition) is 2. The monoisotopic (exact) mass is 435 g/mol. The average Bonchev–Trinajstić information content (AvgIpc) is 2.86. The van der Waals surface area contributed by atoms with Gasteiger partial charge in [-0.2, -0.15) is 0 Å². The molecule has 3 N–H and O–H groups in total. The molecule has 3 rings (SSSR count). The molecule has 3 aromatic rings. The number of fused-ring (bicyclic) bond motifs is 1. The molecule has 0 aliphatic rings. The number of nitrogens with zero attached hydrogens (tertiary/aromatic N) is 3. The van der Waals surface area contributed by atoms with Crippen molar-refractivity contribution in [2.45, 2.75) is 20.4 Å². The van der Waals surface area contributed by atoms with E-state index >= 15 is 0 Å². The molecule has 0 fully saturated rings. The summed E-state index contributed by atoms with van der Waals surface area (Å²) in [5, 5.41) is 3.10. The molecule has 0 aliphatic heterocycles. The van der Waals surface area contributed by atoms with E-state index in [1.165, 1.54) is 5.56 Å². The molecule has 0 unspecified atom stereocenters. The lowest BCUT2D eigenvalue weighted by atomic mass is 10.2. The van der Waals surface area contributed by atoms with Crippen molar-refractivity contribution >= 4 is 46.7 Å². The van der Waals surface area contributed by atoms with Crippen LogP contribution in [-0.4, -0.2) is 22.1 Å². The molecule has 0 saturated heterocycles. The second-order valence-electron chi connectivity index (χ2n) is 5.56. The molecule has 0 bridgehead atoms. The summed E-state index contributed by atoms with van der Waals surface area (Å²) >= 11 is 0. The van der Waals surface area contributed by atoms with Gasteiger partial charge in [-0.05, 0) is 38.1 Å². The number of nitrogens with two attached hydrogens (primary N) is 1. The predicted octanol–water partition coefficient (Wildman–Crippen LogP) is 3.70. The number of aromatic nitrogens is 2. The van der Waals surface area contributed by atoms with Gasteiger partial charge in [0.05, 0.1) is 17.6 Å². The Morgan fingerprint density at radius 2 is 1.83 bits per heavy atom. The molecule has 0 aliphatic carbocycles. The highest BCUT2D eigenvalue weighted by atomic mass is 127. The summed E-state index contributed by atoms with van der Waals surface area (Å²) in [4.78, 5) is 8.95. The van der Waals surface area contributed by atoms with Crippen LogP contribution in [0.15, 0.2) is 53.5 Å². The summed E-state index contributed by atoms with van der Waals surface area (Å²) in [6, 6.07) is 16.2. The topological polar surface area (TPSA) is 68.2 Å². The van der Waals surface area contributed by atoms with E-state index in [0.29, 0.717) is 12.5 Å². The van der Waals surface area contributed by atoms with E-state index in [1.54, 1.807) is 0 Å². The molecule has 2 aromatic carbocycles. The van der Waals surface area contributed by atoms with Crippen molar-refractivity contribution < 1.29 is 0 Å². The van der Waals surface area contributed by atoms with Crippen LogP contribution in [0.5, 0.6) is 0 Å². The molecule has 0 radical (unpaired) electrons. The Morgan fingerprint density at radius 1 is 1.12 bits per heavy atom. The zero-order valence-electron chi connectivity index (χ0n) is 13.9. The average molecular weight is 435 g/mol. The summed E-state index contributed by atoms with van der Waals surface area (Å²) < 4.78 is 2.16. The van der Waals surface area contributed by atoms with Crippen LogP contribution in [0.25, 0.3) is 11.0 Å². The molecule has 0 atom stereocenters. The number of guanidine groups is 1. The van der Waals surface area contributed by atoms with Crippen molar-refractivity contribution in [1.82, 2.24) is 9.55 Å². The van der Waals surface area contributed by atoms with Crippen molar-refractivity contribution in [3.05, 3.63) is 59.9 Å². The van der Waals surface area contributed by atoms with Crippen molar-refractivity contribution in [2.24, 2.45) is 10.7 Å². The number of para-hydroxylation sites is 2. The summed E-state index contributed by atoms with van der Waals surface area (Å²) in [5.74, 6) is 1.42. The Bertz CT molecular complexity index is 836. The number of hydrogen-bond donors (Lipinski definition) is 2. The molecule has 0 amide bonds. The first-order chi connectivity index (χ1) is 11.1. The predicted molar refractivity (Wildman–Crippen MR) is 111 cm³/mol. The number of anilines is 1. The minimum atomic E-state index is 0. The van der Waals surface area contributed by atoms with E-state index < -0.39 is 0 Å². The molecule has 1 aromatic heterocycles. The lowest BCUT2D eigenvalue weighted by Gasteiger charge is -2.07. The number of aryl methyl sites for hydroxylation is 2. The van der Waals surface area contributed by atoms with Gasteiger partial charge in [0.1, 0.15) is 5.82 Å². The van der Waals surface area contributed by atoms with Crippen LogP contribution in [0.1, 0.15) is 11.4 Å². The first-order valence-corrected chi connectivity index (χ1v) is 7.69. The maximum Gasteiger partial charge on any atom is 0.193 e. The lowest BCUT2D eigenvalue weighted by molar-refractivity contribution is 0.704. The van der Waals surface area contributed by atoms with E-state index in [9.17, 15) is 0 Å². The Kier molecular flexibility index (Phi) is 6.19. The Balaban J connectivity index is 0.00000208. The van der Waals surface area contributed by atoms with Crippen LogP contribution in [-0.2, 0) is 6.54 Å². The third kappa shape index (κ3) is 4.25. The molecular weight excluding hydrogens is 413 g/mol. The summed E-state index contributed by atoms with van der Waals surface area (Å²) in [6.07, 6.45) is 0. The van der Waals surface area contributed by atoms with Gasteiger partial charge in [0.15, 0.2) is 5.96 Å². The quantitative estimate of drug-likeness (QED) is 0.373. The summed E-state index contributed by atoms with van der Waals surface area (Å²) in [7, 11) is 0. The van der Waals surface area contributed by atoms with Gasteiger partial charge in [-0.25, -0.2) is 4.98 Å². The smallest absolute Gasteiger partial charge is 0.193 e. The zero-order chi connectivity index (χ0) is 16.2. The largest absolute Gasteiger partial charge is 0.370 e. The van der Waals surface area contributed by atoms with Crippen molar-refractivity contribution in [3.8, 4) is 0 Å². The van der Waals surface area contributed by atoms with Gasteiger partial charge >= 0.3 is 0 Å². The number of aliphatic imine (C=N–C) groups is 1. The Hall–Kier alpha value is -2.09. The Morgan fingerprint density at radius 3 is 2.58 bits per heavy atom. The van der Waals surface area contributed by atoms with Gasteiger partial charge in [0.2, 0.25) is 0 Å². The number of benzene rings is 2. The minimum Gasteiger partial charge on any atom is -0.370 e. The number of rotatable bonds is 4. The number of halogens is 1. The van der Waals surface area contributed by atoms with Gasteiger partial charge in [0.25, 0.3) is 0 Å². The van der Waals surface area contributed by atoms with Crippen LogP contribution in [0.3, 0.4) is 0 Å². The van der Waals surface area contributed by atoms with Crippen LogP contribution in [0.2, 0.25) is 0 Å². The van der Waals surface area contributed by atoms with Gasteiger partial charge in [-0.15, -0.1) is 24.0 Å². The molecular formula is C18H22IN5. The molecule has 1 heterocycles. The normalized spacial score (nSPS) is 11.3. The van der Waals surface area contributed by atoms with Crippen LogP contribution >= 0.6 is 24.0 Å². The molecule has 6 heteroatoms. The maximum atomic E-state index is 5.95. The SMILES string of the molecule is Cc1ccc(NC(N)=NCCn2c(C)nc3ccccc32)cc1.I. The Labute approximate surface area is 159 Å². The third-order valence-corrected chi connectivity index (χ3v) is 3.78. The van der Waals surface area contributed by atoms with Gasteiger partial charge in [-0.1, -0.05) is 29.8 Å². The van der Waals surface area contributed by atoms with Gasteiger partial charge in [-0.3, -0.25) is 4.99 Å². The second kappa shape index (κ2) is 8.14. The third-order valence-electron chi connectivity index (χ3n) is 3.78. The maximum absolute atomic E-state index is 5.95. The van der Waals surface area contributed by atoms with Crippen molar-refractivity contribution in [2.75, 3.05) is 11.9 Å². The van der Waals surface area contributed by atoms with Crippen LogP contribution in [0, 0.1) is 13.8 Å². The van der Waals surface area contributed by atoms with Gasteiger partial charge in [0, 0.05) is 12.2 Å². The molecule has 5 nitrogen and oxygen atoms in total. The molecule has 24 heavy (non-hydrogen) atoms. The molecule has 0 saturated carbocycles. The minimum absolute atomic E-state index is 0. The highest BCUT2D eigenvalue weighted by molar-refractivity contribution is 14.0. The zero-order valence-corrected chi connectivity index (χ0v) is 16.2. The number of imidazole rings is 1. The fraction of sp³-hybridized carbons (Fsp3) is 0.222. The van der Waals surface area contributed by atoms with E-state index in [0.717, 1.165) is 29.1 Å². The molecule has 126 valence electrons. The van der Waals surface area contributed by atoms with E-state index in [-0.39, 0.29) is 24.0 Å². The van der Waals surface area contributed by atoms with E-state index in [2.05, 4.69) is 32.9 Å². The fourth-order valence-electron chi connectivity index (χ4n) is 2.57. The van der Waals surface area contributed by atoms with Crippen molar-refractivity contribution in [3.63, 3.8) is 0 Å². The van der Waals surface area contributed by atoms with Gasteiger partial charge < -0.3 is 15.6 Å². The van der Waals surface area contributed by atoms with E-state index in [4.69, 9.17) is 5.73 Å². The number of nitrogens with one attached hydrogen (secondary N) is 1. The molecule has 0 spiro atoms.